The zero-order valence-electron chi connectivity index (χ0n) is 12.5. The number of carbonyl (C=O) groups excluding carboxylic acids is 1. The zero-order valence-corrected chi connectivity index (χ0v) is 13.3. The minimum absolute atomic E-state index is 0.127. The maximum absolute atomic E-state index is 12.2. The summed E-state index contributed by atoms with van der Waals surface area (Å²) in [5, 5.41) is 3.36. The van der Waals surface area contributed by atoms with E-state index in [-0.39, 0.29) is 5.91 Å². The topological polar surface area (TPSA) is 50.8 Å². The van der Waals surface area contributed by atoms with Gasteiger partial charge in [0.15, 0.2) is 5.11 Å². The summed E-state index contributed by atoms with van der Waals surface area (Å²) in [7, 11) is 3.20. The standard InChI is InChI=1S/C15H18N2O3S/c1-5-17-14(18)11(16-15(17)21)8-10-6-7-12(19-3)9(2)13(10)20-4/h6-8H,5H2,1-4H3,(H,16,21). The van der Waals surface area contributed by atoms with Gasteiger partial charge in [0, 0.05) is 17.7 Å². The Balaban J connectivity index is 2.44. The van der Waals surface area contributed by atoms with Crippen LogP contribution in [0, 0.1) is 6.92 Å². The molecule has 2 rings (SSSR count). The third kappa shape index (κ3) is 2.71. The Labute approximate surface area is 129 Å². The Kier molecular flexibility index (Phi) is 4.47. The van der Waals surface area contributed by atoms with Crippen LogP contribution < -0.4 is 14.8 Å². The number of rotatable bonds is 4. The fourth-order valence-corrected chi connectivity index (χ4v) is 2.64. The number of methoxy groups -OCH3 is 2. The number of hydrogen-bond acceptors (Lipinski definition) is 4. The number of ether oxygens (including phenoxy) is 2. The van der Waals surface area contributed by atoms with Crippen LogP contribution in [0.5, 0.6) is 11.5 Å². The van der Waals surface area contributed by atoms with Crippen LogP contribution in [0.15, 0.2) is 17.8 Å². The first kappa shape index (κ1) is 15.3. The predicted octanol–water partition coefficient (Wildman–Crippen LogP) is 2.09. The second kappa shape index (κ2) is 6.13. The van der Waals surface area contributed by atoms with Gasteiger partial charge >= 0.3 is 0 Å². The minimum atomic E-state index is -0.127. The maximum atomic E-state index is 12.2. The minimum Gasteiger partial charge on any atom is -0.496 e. The van der Waals surface area contributed by atoms with Gasteiger partial charge in [-0.15, -0.1) is 0 Å². The van der Waals surface area contributed by atoms with E-state index in [1.165, 1.54) is 4.90 Å². The van der Waals surface area contributed by atoms with E-state index in [1.54, 1.807) is 20.3 Å². The van der Waals surface area contributed by atoms with Gasteiger partial charge in [0.25, 0.3) is 5.91 Å². The molecular formula is C15H18N2O3S. The summed E-state index contributed by atoms with van der Waals surface area (Å²) in [6.07, 6.45) is 1.75. The molecule has 1 aliphatic heterocycles. The van der Waals surface area contributed by atoms with E-state index in [4.69, 9.17) is 21.7 Å². The molecule has 1 heterocycles. The van der Waals surface area contributed by atoms with E-state index in [2.05, 4.69) is 5.32 Å². The molecule has 21 heavy (non-hydrogen) atoms. The Morgan fingerprint density at radius 2 is 2.05 bits per heavy atom. The fourth-order valence-electron chi connectivity index (χ4n) is 2.31. The van der Waals surface area contributed by atoms with Crippen molar-refractivity contribution in [3.8, 4) is 11.5 Å². The molecule has 0 saturated carbocycles. The highest BCUT2D eigenvalue weighted by Crippen LogP contribution is 2.32. The van der Waals surface area contributed by atoms with E-state index in [1.807, 2.05) is 26.0 Å². The van der Waals surface area contributed by atoms with Crippen molar-refractivity contribution >= 4 is 29.3 Å². The smallest absolute Gasteiger partial charge is 0.276 e. The summed E-state index contributed by atoms with van der Waals surface area (Å²) in [6.45, 7) is 4.33. The van der Waals surface area contributed by atoms with Crippen LogP contribution in [-0.2, 0) is 4.79 Å². The van der Waals surface area contributed by atoms with Crippen molar-refractivity contribution < 1.29 is 14.3 Å². The largest absolute Gasteiger partial charge is 0.496 e. The highest BCUT2D eigenvalue weighted by molar-refractivity contribution is 7.80. The second-order valence-corrected chi connectivity index (χ2v) is 4.94. The van der Waals surface area contributed by atoms with Gasteiger partial charge in [-0.1, -0.05) is 0 Å². The normalized spacial score (nSPS) is 16.4. The zero-order chi connectivity index (χ0) is 15.6. The first-order valence-electron chi connectivity index (χ1n) is 6.59. The Bertz CT molecular complexity index is 626. The van der Waals surface area contributed by atoms with Crippen LogP contribution in [0.2, 0.25) is 0 Å². The average molecular weight is 306 g/mol. The number of nitrogens with one attached hydrogen (secondary N) is 1. The van der Waals surface area contributed by atoms with Gasteiger partial charge in [0.05, 0.1) is 14.2 Å². The van der Waals surface area contributed by atoms with Crippen LogP contribution in [0.25, 0.3) is 6.08 Å². The van der Waals surface area contributed by atoms with Crippen molar-refractivity contribution in [1.29, 1.82) is 0 Å². The fraction of sp³-hybridized carbons (Fsp3) is 0.333. The van der Waals surface area contributed by atoms with E-state index in [9.17, 15) is 4.79 Å². The molecule has 0 bridgehead atoms. The highest BCUT2D eigenvalue weighted by Gasteiger charge is 2.29. The number of nitrogens with zero attached hydrogens (tertiary/aromatic N) is 1. The molecule has 0 atom stereocenters. The molecule has 0 spiro atoms. The summed E-state index contributed by atoms with van der Waals surface area (Å²) >= 11 is 5.14. The molecule has 1 aromatic rings. The van der Waals surface area contributed by atoms with Crippen LogP contribution in [0.3, 0.4) is 0 Å². The third-order valence-corrected chi connectivity index (χ3v) is 3.71. The first-order valence-corrected chi connectivity index (χ1v) is 7.00. The predicted molar refractivity (Wildman–Crippen MR) is 85.4 cm³/mol. The summed E-state index contributed by atoms with van der Waals surface area (Å²) in [4.78, 5) is 13.7. The average Bonchev–Trinajstić information content (AvgIpc) is 2.73. The van der Waals surface area contributed by atoms with Crippen molar-refractivity contribution in [2.45, 2.75) is 13.8 Å². The third-order valence-electron chi connectivity index (χ3n) is 3.39. The molecule has 0 unspecified atom stereocenters. The lowest BCUT2D eigenvalue weighted by molar-refractivity contribution is -0.122. The van der Waals surface area contributed by atoms with Gasteiger partial charge in [-0.3, -0.25) is 9.69 Å². The van der Waals surface area contributed by atoms with E-state index in [0.29, 0.717) is 23.1 Å². The van der Waals surface area contributed by atoms with Gasteiger partial charge in [-0.25, -0.2) is 0 Å². The van der Waals surface area contributed by atoms with Crippen LogP contribution in [0.1, 0.15) is 18.1 Å². The van der Waals surface area contributed by atoms with Crippen LogP contribution in [-0.4, -0.2) is 36.7 Å². The molecule has 1 fully saturated rings. The number of carbonyl (C=O) groups is 1. The second-order valence-electron chi connectivity index (χ2n) is 4.55. The van der Waals surface area contributed by atoms with E-state index in [0.717, 1.165) is 16.9 Å². The van der Waals surface area contributed by atoms with E-state index < -0.39 is 0 Å². The van der Waals surface area contributed by atoms with Gasteiger partial charge in [-0.05, 0) is 44.3 Å². The number of hydrogen-bond donors (Lipinski definition) is 1. The van der Waals surface area contributed by atoms with Crippen molar-refractivity contribution in [3.63, 3.8) is 0 Å². The van der Waals surface area contributed by atoms with E-state index >= 15 is 0 Å². The molecular weight excluding hydrogens is 288 g/mol. The van der Waals surface area contributed by atoms with Gasteiger partial charge in [-0.2, -0.15) is 0 Å². The van der Waals surface area contributed by atoms with Crippen LogP contribution >= 0.6 is 12.2 Å². The van der Waals surface area contributed by atoms with Gasteiger partial charge in [0.1, 0.15) is 17.2 Å². The molecule has 0 radical (unpaired) electrons. The first-order chi connectivity index (χ1) is 10.0. The lowest BCUT2D eigenvalue weighted by Gasteiger charge is -2.12. The molecule has 6 heteroatoms. The Morgan fingerprint density at radius 1 is 1.33 bits per heavy atom. The number of likely N-dealkylation sites (N-methyl/N-ethyl adjacent to an activating group) is 1. The number of amides is 1. The van der Waals surface area contributed by atoms with Gasteiger partial charge in [0.2, 0.25) is 0 Å². The Morgan fingerprint density at radius 3 is 2.57 bits per heavy atom. The monoisotopic (exact) mass is 306 g/mol. The molecule has 0 aromatic heterocycles. The molecule has 5 nitrogen and oxygen atoms in total. The number of benzene rings is 1. The molecule has 1 aliphatic rings. The Hall–Kier alpha value is -2.08. The molecule has 1 saturated heterocycles. The lowest BCUT2D eigenvalue weighted by atomic mass is 10.1. The van der Waals surface area contributed by atoms with Gasteiger partial charge < -0.3 is 14.8 Å². The summed E-state index contributed by atoms with van der Waals surface area (Å²) in [6, 6.07) is 3.70. The van der Waals surface area contributed by atoms with Crippen molar-refractivity contribution in [3.05, 3.63) is 29.0 Å². The number of thiocarbonyl (C=S) groups is 1. The quantitative estimate of drug-likeness (QED) is 0.682. The van der Waals surface area contributed by atoms with Crippen LogP contribution in [0.4, 0.5) is 0 Å². The molecule has 0 aliphatic carbocycles. The highest BCUT2D eigenvalue weighted by atomic mass is 32.1. The maximum Gasteiger partial charge on any atom is 0.276 e. The molecule has 1 aromatic carbocycles. The van der Waals surface area contributed by atoms with Crippen molar-refractivity contribution in [2.75, 3.05) is 20.8 Å². The lowest BCUT2D eigenvalue weighted by Crippen LogP contribution is -2.30. The summed E-state index contributed by atoms with van der Waals surface area (Å²) in [5.41, 5.74) is 2.13. The SMILES string of the molecule is CCN1C(=O)C(=Cc2ccc(OC)c(C)c2OC)NC1=S. The molecule has 112 valence electrons. The summed E-state index contributed by atoms with van der Waals surface area (Å²) < 4.78 is 10.7. The van der Waals surface area contributed by atoms with Crippen molar-refractivity contribution in [2.24, 2.45) is 0 Å². The molecule has 1 N–H and O–H groups in total. The van der Waals surface area contributed by atoms with Crippen molar-refractivity contribution in [1.82, 2.24) is 10.2 Å². The summed E-state index contributed by atoms with van der Waals surface area (Å²) in [5.74, 6) is 1.29. The molecule has 1 amide bonds.